The van der Waals surface area contributed by atoms with Crippen LogP contribution in [0.1, 0.15) is 19.3 Å². The van der Waals surface area contributed by atoms with Crippen molar-refractivity contribution in [3.63, 3.8) is 0 Å². The molecular formula is C12H15ClFNO2S. The second-order valence-electron chi connectivity index (χ2n) is 4.67. The summed E-state index contributed by atoms with van der Waals surface area (Å²) in [7, 11) is -3.07. The van der Waals surface area contributed by atoms with Crippen LogP contribution in [0.2, 0.25) is 5.02 Å². The molecule has 1 aromatic carbocycles. The van der Waals surface area contributed by atoms with E-state index in [1.807, 2.05) is 0 Å². The average molecular weight is 292 g/mol. The van der Waals surface area contributed by atoms with Crippen molar-refractivity contribution in [3.8, 4) is 0 Å². The number of benzene rings is 1. The Morgan fingerprint density at radius 3 is 2.72 bits per heavy atom. The summed E-state index contributed by atoms with van der Waals surface area (Å²) in [6.07, 6.45) is 3.57. The SMILES string of the molecule is CS(=O)(=O)C1CCCC1Nc1ccc(F)cc1Cl. The van der Waals surface area contributed by atoms with Gasteiger partial charge in [-0.1, -0.05) is 11.6 Å². The normalized spacial score (nSPS) is 24.2. The van der Waals surface area contributed by atoms with Gasteiger partial charge in [0.2, 0.25) is 0 Å². The monoisotopic (exact) mass is 291 g/mol. The van der Waals surface area contributed by atoms with Crippen LogP contribution in [-0.4, -0.2) is 26.0 Å². The molecule has 1 aliphatic carbocycles. The molecule has 18 heavy (non-hydrogen) atoms. The molecule has 3 nitrogen and oxygen atoms in total. The van der Waals surface area contributed by atoms with Gasteiger partial charge < -0.3 is 5.32 Å². The van der Waals surface area contributed by atoms with Gasteiger partial charge in [-0.2, -0.15) is 0 Å². The third kappa shape index (κ3) is 2.95. The first-order valence-corrected chi connectivity index (χ1v) is 8.11. The highest BCUT2D eigenvalue weighted by atomic mass is 35.5. The number of nitrogens with one attached hydrogen (secondary N) is 1. The van der Waals surface area contributed by atoms with Crippen molar-refractivity contribution in [2.24, 2.45) is 0 Å². The molecular weight excluding hydrogens is 277 g/mol. The van der Waals surface area contributed by atoms with Crippen molar-refractivity contribution in [2.75, 3.05) is 11.6 Å². The number of sulfone groups is 1. The maximum Gasteiger partial charge on any atom is 0.152 e. The van der Waals surface area contributed by atoms with Gasteiger partial charge in [-0.05, 0) is 37.5 Å². The molecule has 1 N–H and O–H groups in total. The first kappa shape index (κ1) is 13.6. The molecule has 0 amide bonds. The van der Waals surface area contributed by atoms with Crippen LogP contribution in [-0.2, 0) is 9.84 Å². The first-order chi connectivity index (χ1) is 8.38. The summed E-state index contributed by atoms with van der Waals surface area (Å²) in [5, 5.41) is 3.00. The number of rotatable bonds is 3. The molecule has 2 rings (SSSR count). The third-order valence-corrected chi connectivity index (χ3v) is 5.25. The lowest BCUT2D eigenvalue weighted by atomic mass is 10.2. The van der Waals surface area contributed by atoms with Crippen LogP contribution in [0.5, 0.6) is 0 Å². The van der Waals surface area contributed by atoms with Crippen molar-refractivity contribution in [2.45, 2.75) is 30.6 Å². The zero-order valence-electron chi connectivity index (χ0n) is 9.99. The maximum absolute atomic E-state index is 12.9. The lowest BCUT2D eigenvalue weighted by Gasteiger charge is -2.21. The van der Waals surface area contributed by atoms with Crippen LogP contribution >= 0.6 is 11.6 Å². The van der Waals surface area contributed by atoms with Crippen LogP contribution in [0, 0.1) is 5.82 Å². The van der Waals surface area contributed by atoms with E-state index in [-0.39, 0.29) is 11.1 Å². The van der Waals surface area contributed by atoms with Gasteiger partial charge >= 0.3 is 0 Å². The summed E-state index contributed by atoms with van der Waals surface area (Å²) < 4.78 is 36.2. The molecule has 2 atom stereocenters. The van der Waals surface area contributed by atoms with Crippen LogP contribution in [0.25, 0.3) is 0 Å². The topological polar surface area (TPSA) is 46.2 Å². The highest BCUT2D eigenvalue weighted by Crippen LogP contribution is 2.30. The minimum atomic E-state index is -3.07. The molecule has 0 bridgehead atoms. The summed E-state index contributed by atoms with van der Waals surface area (Å²) in [4.78, 5) is 0. The van der Waals surface area contributed by atoms with Crippen molar-refractivity contribution >= 4 is 27.1 Å². The summed E-state index contributed by atoms with van der Waals surface area (Å²) in [5.74, 6) is -0.406. The minimum Gasteiger partial charge on any atom is -0.380 e. The van der Waals surface area contributed by atoms with E-state index in [4.69, 9.17) is 11.6 Å². The lowest BCUT2D eigenvalue weighted by Crippen LogP contribution is -2.34. The summed E-state index contributed by atoms with van der Waals surface area (Å²) in [6, 6.07) is 3.91. The lowest BCUT2D eigenvalue weighted by molar-refractivity contribution is 0.579. The molecule has 1 fully saturated rings. The van der Waals surface area contributed by atoms with Crippen LogP contribution in [0.3, 0.4) is 0 Å². The van der Waals surface area contributed by atoms with E-state index < -0.39 is 20.9 Å². The Morgan fingerprint density at radius 2 is 2.11 bits per heavy atom. The van der Waals surface area contributed by atoms with E-state index in [2.05, 4.69) is 5.32 Å². The van der Waals surface area contributed by atoms with Gasteiger partial charge in [-0.25, -0.2) is 12.8 Å². The van der Waals surface area contributed by atoms with Gasteiger partial charge in [0.1, 0.15) is 5.82 Å². The molecule has 6 heteroatoms. The molecule has 0 spiro atoms. The van der Waals surface area contributed by atoms with E-state index in [1.165, 1.54) is 24.5 Å². The summed E-state index contributed by atoms with van der Waals surface area (Å²) in [6.45, 7) is 0. The number of hydrogen-bond acceptors (Lipinski definition) is 3. The second-order valence-corrected chi connectivity index (χ2v) is 7.35. The Balaban J connectivity index is 2.18. The first-order valence-electron chi connectivity index (χ1n) is 5.78. The number of anilines is 1. The molecule has 0 heterocycles. The number of hydrogen-bond donors (Lipinski definition) is 1. The van der Waals surface area contributed by atoms with E-state index in [0.29, 0.717) is 12.1 Å². The predicted molar refractivity (Wildman–Crippen MR) is 71.3 cm³/mol. The minimum absolute atomic E-state index is 0.150. The summed E-state index contributed by atoms with van der Waals surface area (Å²) in [5.41, 5.74) is 0.582. The Labute approximate surface area is 111 Å². The van der Waals surface area contributed by atoms with Crippen LogP contribution < -0.4 is 5.32 Å². The second kappa shape index (κ2) is 5.05. The smallest absolute Gasteiger partial charge is 0.152 e. The van der Waals surface area contributed by atoms with Crippen molar-refractivity contribution in [1.82, 2.24) is 0 Å². The molecule has 0 aliphatic heterocycles. The van der Waals surface area contributed by atoms with Crippen LogP contribution in [0.4, 0.5) is 10.1 Å². The van der Waals surface area contributed by atoms with Crippen molar-refractivity contribution in [1.29, 1.82) is 0 Å². The molecule has 1 saturated carbocycles. The predicted octanol–water partition coefficient (Wildman–Crippen LogP) is 2.86. The van der Waals surface area contributed by atoms with E-state index in [0.717, 1.165) is 12.8 Å². The highest BCUT2D eigenvalue weighted by molar-refractivity contribution is 7.91. The fourth-order valence-corrected chi connectivity index (χ4v) is 4.03. The molecule has 1 aromatic rings. The Bertz CT molecular complexity index is 547. The Morgan fingerprint density at radius 1 is 1.39 bits per heavy atom. The average Bonchev–Trinajstić information content (AvgIpc) is 2.70. The van der Waals surface area contributed by atoms with Crippen molar-refractivity contribution < 1.29 is 12.8 Å². The highest BCUT2D eigenvalue weighted by Gasteiger charge is 2.34. The van der Waals surface area contributed by atoms with E-state index in [1.54, 1.807) is 0 Å². The van der Waals surface area contributed by atoms with Gasteiger partial charge in [0.05, 0.1) is 16.0 Å². The van der Waals surface area contributed by atoms with Gasteiger partial charge in [0.15, 0.2) is 9.84 Å². The molecule has 0 radical (unpaired) electrons. The van der Waals surface area contributed by atoms with Gasteiger partial charge in [-0.15, -0.1) is 0 Å². The van der Waals surface area contributed by atoms with Crippen molar-refractivity contribution in [3.05, 3.63) is 29.0 Å². The molecule has 1 aliphatic rings. The Kier molecular flexibility index (Phi) is 3.82. The summed E-state index contributed by atoms with van der Waals surface area (Å²) >= 11 is 5.92. The molecule has 0 saturated heterocycles. The van der Waals surface area contributed by atoms with Gasteiger partial charge in [-0.3, -0.25) is 0 Å². The fourth-order valence-electron chi connectivity index (χ4n) is 2.41. The quantitative estimate of drug-likeness (QED) is 0.931. The number of halogens is 2. The standard InChI is InChI=1S/C12H15ClFNO2S/c1-18(16,17)12-4-2-3-11(12)15-10-6-5-8(14)7-9(10)13/h5-7,11-12,15H,2-4H2,1H3. The Hall–Kier alpha value is -0.810. The van der Waals surface area contributed by atoms with E-state index >= 15 is 0 Å². The zero-order chi connectivity index (χ0) is 13.3. The third-order valence-electron chi connectivity index (χ3n) is 3.27. The van der Waals surface area contributed by atoms with Crippen LogP contribution in [0.15, 0.2) is 18.2 Å². The van der Waals surface area contributed by atoms with Gasteiger partial charge in [0, 0.05) is 12.3 Å². The molecule has 2 unspecified atom stereocenters. The maximum atomic E-state index is 12.9. The van der Waals surface area contributed by atoms with E-state index in [9.17, 15) is 12.8 Å². The molecule has 0 aromatic heterocycles. The zero-order valence-corrected chi connectivity index (χ0v) is 11.6. The molecule has 100 valence electrons. The largest absolute Gasteiger partial charge is 0.380 e. The van der Waals surface area contributed by atoms with Gasteiger partial charge in [0.25, 0.3) is 0 Å². The fraction of sp³-hybridized carbons (Fsp3) is 0.500.